The van der Waals surface area contributed by atoms with Crippen molar-refractivity contribution in [2.75, 3.05) is 6.54 Å². The van der Waals surface area contributed by atoms with Gasteiger partial charge in [-0.25, -0.2) is 0 Å². The maximum atomic E-state index is 12.1. The molecule has 0 heterocycles. The van der Waals surface area contributed by atoms with Crippen molar-refractivity contribution in [3.8, 4) is 0 Å². The van der Waals surface area contributed by atoms with Gasteiger partial charge in [-0.2, -0.15) is 0 Å². The van der Waals surface area contributed by atoms with Gasteiger partial charge >= 0.3 is 5.97 Å². The van der Waals surface area contributed by atoms with E-state index in [1.807, 2.05) is 45.0 Å². The molecule has 1 rings (SSSR count). The number of ether oxygens (including phenoxy) is 1. The zero-order valence-electron chi connectivity index (χ0n) is 14.5. The van der Waals surface area contributed by atoms with Gasteiger partial charge in [0.25, 0.3) is 0 Å². The number of carbonyl (C=O) groups is 1. The van der Waals surface area contributed by atoms with Crippen molar-refractivity contribution in [1.29, 1.82) is 0 Å². The molecule has 0 aliphatic rings. The van der Waals surface area contributed by atoms with E-state index in [2.05, 4.69) is 37.5 Å². The van der Waals surface area contributed by atoms with E-state index in [4.69, 9.17) is 4.74 Å². The topological polar surface area (TPSA) is 29.5 Å². The Labute approximate surface area is 135 Å². The maximum absolute atomic E-state index is 12.1. The Morgan fingerprint density at radius 2 is 1.86 bits per heavy atom. The predicted molar refractivity (Wildman–Crippen MR) is 91.7 cm³/mol. The molecule has 0 saturated heterocycles. The van der Waals surface area contributed by atoms with Crippen molar-refractivity contribution < 1.29 is 9.53 Å². The van der Waals surface area contributed by atoms with Crippen LogP contribution in [0.2, 0.25) is 0 Å². The number of carbonyl (C=O) groups excluding carboxylic acids is 1. The lowest BCUT2D eigenvalue weighted by atomic mass is 10.0. The molecule has 3 nitrogen and oxygen atoms in total. The monoisotopic (exact) mass is 303 g/mol. The molecule has 3 heteroatoms. The summed E-state index contributed by atoms with van der Waals surface area (Å²) in [7, 11) is 0. The summed E-state index contributed by atoms with van der Waals surface area (Å²) >= 11 is 0. The third-order valence-corrected chi connectivity index (χ3v) is 3.57. The number of esters is 1. The van der Waals surface area contributed by atoms with Gasteiger partial charge in [-0.3, -0.25) is 9.69 Å². The summed E-state index contributed by atoms with van der Waals surface area (Å²) in [5.74, 6) is -0.158. The molecular weight excluding hydrogens is 274 g/mol. The van der Waals surface area contributed by atoms with Gasteiger partial charge in [0.2, 0.25) is 0 Å². The summed E-state index contributed by atoms with van der Waals surface area (Å²) in [5, 5.41) is 0. The highest BCUT2D eigenvalue weighted by atomic mass is 16.6. The second-order valence-electron chi connectivity index (χ2n) is 6.71. The second kappa shape index (κ2) is 8.14. The first-order valence-corrected chi connectivity index (χ1v) is 7.88. The average molecular weight is 303 g/mol. The van der Waals surface area contributed by atoms with E-state index in [0.29, 0.717) is 6.42 Å². The lowest BCUT2D eigenvalue weighted by Gasteiger charge is -2.34. The lowest BCUT2D eigenvalue weighted by Crippen LogP contribution is -2.38. The van der Waals surface area contributed by atoms with E-state index in [1.165, 1.54) is 5.56 Å². The fourth-order valence-electron chi connectivity index (χ4n) is 2.53. The molecule has 22 heavy (non-hydrogen) atoms. The molecule has 1 aromatic carbocycles. The van der Waals surface area contributed by atoms with Crippen LogP contribution in [0.15, 0.2) is 43.0 Å². The van der Waals surface area contributed by atoms with Crippen LogP contribution in [-0.2, 0) is 9.53 Å². The highest BCUT2D eigenvalue weighted by Gasteiger charge is 2.25. The van der Waals surface area contributed by atoms with Gasteiger partial charge in [-0.15, -0.1) is 6.58 Å². The summed E-state index contributed by atoms with van der Waals surface area (Å²) in [5.41, 5.74) is 0.797. The van der Waals surface area contributed by atoms with E-state index in [1.54, 1.807) is 0 Å². The quantitative estimate of drug-likeness (QED) is 0.554. The van der Waals surface area contributed by atoms with Gasteiger partial charge in [-0.1, -0.05) is 36.4 Å². The third kappa shape index (κ3) is 6.02. The molecule has 0 aromatic heterocycles. The van der Waals surface area contributed by atoms with E-state index in [9.17, 15) is 4.79 Å². The molecular formula is C19H29NO2. The molecule has 0 amide bonds. The van der Waals surface area contributed by atoms with E-state index in [0.717, 1.165) is 6.54 Å². The summed E-state index contributed by atoms with van der Waals surface area (Å²) in [6.07, 6.45) is 2.26. The second-order valence-corrected chi connectivity index (χ2v) is 6.71. The summed E-state index contributed by atoms with van der Waals surface area (Å²) in [6, 6.07) is 10.6. The minimum atomic E-state index is -0.439. The zero-order valence-corrected chi connectivity index (χ0v) is 14.5. The van der Waals surface area contributed by atoms with Crippen LogP contribution in [0.25, 0.3) is 0 Å². The Balaban J connectivity index is 2.77. The first-order chi connectivity index (χ1) is 10.2. The maximum Gasteiger partial charge on any atom is 0.307 e. The SMILES string of the molecule is C=CCN([C@H](C)CC(=O)OC(C)(C)C)[C@H](C)c1ccccc1. The molecule has 0 spiro atoms. The molecule has 0 aliphatic heterocycles. The minimum absolute atomic E-state index is 0.0862. The molecule has 0 radical (unpaired) electrons. The summed E-state index contributed by atoms with van der Waals surface area (Å²) in [4.78, 5) is 14.3. The molecule has 0 N–H and O–H groups in total. The predicted octanol–water partition coefficient (Wildman–Crippen LogP) is 4.36. The Hall–Kier alpha value is -1.61. The van der Waals surface area contributed by atoms with Crippen molar-refractivity contribution in [2.45, 2.75) is 58.7 Å². The van der Waals surface area contributed by atoms with Crippen LogP contribution in [0.4, 0.5) is 0 Å². The molecule has 0 unspecified atom stereocenters. The van der Waals surface area contributed by atoms with E-state index >= 15 is 0 Å². The molecule has 1 aromatic rings. The summed E-state index contributed by atoms with van der Waals surface area (Å²) in [6.45, 7) is 14.5. The number of benzene rings is 1. The van der Waals surface area contributed by atoms with Crippen molar-refractivity contribution in [1.82, 2.24) is 4.90 Å². The Kier molecular flexibility index (Phi) is 6.82. The molecule has 122 valence electrons. The van der Waals surface area contributed by atoms with Crippen molar-refractivity contribution in [3.05, 3.63) is 48.6 Å². The normalized spacial score (nSPS) is 14.5. The number of rotatable bonds is 7. The van der Waals surface area contributed by atoms with Gasteiger partial charge in [0.15, 0.2) is 0 Å². The van der Waals surface area contributed by atoms with Crippen LogP contribution in [0.5, 0.6) is 0 Å². The molecule has 0 saturated carbocycles. The standard InChI is InChI=1S/C19H29NO2/c1-7-13-20(16(3)17-11-9-8-10-12-17)15(2)14-18(21)22-19(4,5)6/h7-12,15-16H,1,13-14H2,2-6H3/t15-,16-/m1/s1. The zero-order chi connectivity index (χ0) is 16.8. The van der Waals surface area contributed by atoms with E-state index < -0.39 is 5.60 Å². The van der Waals surface area contributed by atoms with Gasteiger partial charge in [0, 0.05) is 18.6 Å². The third-order valence-electron chi connectivity index (χ3n) is 3.57. The number of hydrogen-bond donors (Lipinski definition) is 0. The largest absolute Gasteiger partial charge is 0.460 e. The fraction of sp³-hybridized carbons (Fsp3) is 0.526. The van der Waals surface area contributed by atoms with Gasteiger partial charge < -0.3 is 4.74 Å². The van der Waals surface area contributed by atoms with Crippen LogP contribution in [0, 0.1) is 0 Å². The molecule has 0 aliphatic carbocycles. The molecule has 0 fully saturated rings. The Morgan fingerprint density at radius 1 is 1.27 bits per heavy atom. The fourth-order valence-corrected chi connectivity index (χ4v) is 2.53. The minimum Gasteiger partial charge on any atom is -0.460 e. The van der Waals surface area contributed by atoms with Crippen LogP contribution >= 0.6 is 0 Å². The average Bonchev–Trinajstić information content (AvgIpc) is 2.42. The van der Waals surface area contributed by atoms with E-state index in [-0.39, 0.29) is 18.1 Å². The van der Waals surface area contributed by atoms with Crippen LogP contribution < -0.4 is 0 Å². The smallest absolute Gasteiger partial charge is 0.307 e. The lowest BCUT2D eigenvalue weighted by molar-refractivity contribution is -0.156. The van der Waals surface area contributed by atoms with Gasteiger partial charge in [0.1, 0.15) is 5.60 Å². The summed E-state index contributed by atoms with van der Waals surface area (Å²) < 4.78 is 5.43. The highest BCUT2D eigenvalue weighted by Crippen LogP contribution is 2.24. The number of nitrogens with zero attached hydrogens (tertiary/aromatic N) is 1. The number of hydrogen-bond acceptors (Lipinski definition) is 3. The Bertz CT molecular complexity index is 476. The highest BCUT2D eigenvalue weighted by molar-refractivity contribution is 5.70. The van der Waals surface area contributed by atoms with Crippen LogP contribution in [-0.4, -0.2) is 29.1 Å². The van der Waals surface area contributed by atoms with Gasteiger partial charge in [0.05, 0.1) is 6.42 Å². The van der Waals surface area contributed by atoms with Gasteiger partial charge in [-0.05, 0) is 40.2 Å². The molecule has 0 bridgehead atoms. The van der Waals surface area contributed by atoms with Crippen molar-refractivity contribution in [2.24, 2.45) is 0 Å². The van der Waals surface area contributed by atoms with Crippen molar-refractivity contribution >= 4 is 5.97 Å². The van der Waals surface area contributed by atoms with Crippen molar-refractivity contribution in [3.63, 3.8) is 0 Å². The first kappa shape index (κ1) is 18.4. The Morgan fingerprint density at radius 3 is 2.36 bits per heavy atom. The first-order valence-electron chi connectivity index (χ1n) is 7.88. The van der Waals surface area contributed by atoms with Crippen LogP contribution in [0.1, 0.15) is 52.6 Å². The molecule has 2 atom stereocenters. The van der Waals surface area contributed by atoms with Crippen LogP contribution in [0.3, 0.4) is 0 Å².